The zero-order valence-corrected chi connectivity index (χ0v) is 8.21. The van der Waals surface area contributed by atoms with E-state index in [1.165, 1.54) is 12.8 Å². The van der Waals surface area contributed by atoms with E-state index in [1.54, 1.807) is 6.08 Å². The van der Waals surface area contributed by atoms with Crippen LogP contribution in [-0.4, -0.2) is 5.78 Å². The molecular formula is C11H18O. The summed E-state index contributed by atoms with van der Waals surface area (Å²) in [5.41, 5.74) is 0. The first-order valence-electron chi connectivity index (χ1n) is 4.88. The third-order valence-electron chi connectivity index (χ3n) is 2.82. The Bertz CT molecular complexity index is 193. The number of carbonyl (C=O) groups is 1. The Morgan fingerprint density at radius 3 is 2.67 bits per heavy atom. The van der Waals surface area contributed by atoms with E-state index in [1.807, 2.05) is 6.08 Å². The second-order valence-electron chi connectivity index (χ2n) is 3.91. The van der Waals surface area contributed by atoms with Gasteiger partial charge in [-0.25, -0.2) is 0 Å². The molecule has 1 rings (SSSR count). The molecular weight excluding hydrogens is 148 g/mol. The number of rotatable bonds is 3. The van der Waals surface area contributed by atoms with Crippen molar-refractivity contribution in [3.8, 4) is 0 Å². The molecule has 3 atom stereocenters. The molecule has 0 aromatic rings. The van der Waals surface area contributed by atoms with Gasteiger partial charge in [0.2, 0.25) is 0 Å². The van der Waals surface area contributed by atoms with Gasteiger partial charge in [-0.1, -0.05) is 39.7 Å². The molecule has 0 radical (unpaired) electrons. The zero-order valence-electron chi connectivity index (χ0n) is 8.21. The van der Waals surface area contributed by atoms with E-state index < -0.39 is 0 Å². The molecule has 0 spiro atoms. The Morgan fingerprint density at radius 2 is 2.25 bits per heavy atom. The highest BCUT2D eigenvalue weighted by Gasteiger charge is 2.30. The first-order valence-corrected chi connectivity index (χ1v) is 4.88. The molecule has 12 heavy (non-hydrogen) atoms. The zero-order chi connectivity index (χ0) is 9.14. The molecule has 0 fully saturated rings. The van der Waals surface area contributed by atoms with Gasteiger partial charge < -0.3 is 0 Å². The minimum absolute atomic E-state index is 0.268. The van der Waals surface area contributed by atoms with Crippen LogP contribution in [0.1, 0.15) is 33.6 Å². The summed E-state index contributed by atoms with van der Waals surface area (Å²) >= 11 is 0. The monoisotopic (exact) mass is 166 g/mol. The Kier molecular flexibility index (Phi) is 3.07. The van der Waals surface area contributed by atoms with Gasteiger partial charge in [0.15, 0.2) is 5.78 Å². The Hall–Kier alpha value is -0.590. The SMILES string of the molecule is CCC[C@H](C)[C@@H]1C(=O)C=C[C@H]1C. The van der Waals surface area contributed by atoms with Gasteiger partial charge in [-0.2, -0.15) is 0 Å². The summed E-state index contributed by atoms with van der Waals surface area (Å²) in [5.74, 6) is 1.61. The van der Waals surface area contributed by atoms with Gasteiger partial charge in [0.25, 0.3) is 0 Å². The molecule has 1 aliphatic carbocycles. The van der Waals surface area contributed by atoms with E-state index >= 15 is 0 Å². The van der Waals surface area contributed by atoms with Gasteiger partial charge in [-0.05, 0) is 17.9 Å². The second kappa shape index (κ2) is 3.88. The first kappa shape index (κ1) is 9.50. The summed E-state index contributed by atoms with van der Waals surface area (Å²) in [7, 11) is 0. The van der Waals surface area contributed by atoms with Gasteiger partial charge in [0.05, 0.1) is 0 Å². The van der Waals surface area contributed by atoms with Crippen LogP contribution in [0.5, 0.6) is 0 Å². The van der Waals surface area contributed by atoms with E-state index in [9.17, 15) is 4.79 Å². The lowest BCUT2D eigenvalue weighted by atomic mass is 9.82. The molecule has 0 heterocycles. The maximum absolute atomic E-state index is 11.4. The van der Waals surface area contributed by atoms with Crippen molar-refractivity contribution in [2.45, 2.75) is 33.6 Å². The van der Waals surface area contributed by atoms with Crippen molar-refractivity contribution >= 4 is 5.78 Å². The number of ketones is 1. The van der Waals surface area contributed by atoms with Crippen molar-refractivity contribution in [1.29, 1.82) is 0 Å². The van der Waals surface area contributed by atoms with Crippen LogP contribution in [0.4, 0.5) is 0 Å². The average Bonchev–Trinajstić information content (AvgIpc) is 2.32. The quantitative estimate of drug-likeness (QED) is 0.630. The van der Waals surface area contributed by atoms with Crippen LogP contribution in [0, 0.1) is 17.8 Å². The number of carbonyl (C=O) groups excluding carboxylic acids is 1. The van der Waals surface area contributed by atoms with Crippen molar-refractivity contribution in [3.05, 3.63) is 12.2 Å². The molecule has 0 aromatic carbocycles. The summed E-state index contributed by atoms with van der Waals surface area (Å²) in [5, 5.41) is 0. The van der Waals surface area contributed by atoms with Gasteiger partial charge in [0.1, 0.15) is 0 Å². The molecule has 68 valence electrons. The summed E-state index contributed by atoms with van der Waals surface area (Å²) < 4.78 is 0. The fourth-order valence-corrected chi connectivity index (χ4v) is 2.17. The van der Waals surface area contributed by atoms with Gasteiger partial charge in [-0.15, -0.1) is 0 Å². The van der Waals surface area contributed by atoms with Gasteiger partial charge in [0, 0.05) is 5.92 Å². The molecule has 0 aliphatic heterocycles. The normalized spacial score (nSPS) is 31.1. The van der Waals surface area contributed by atoms with E-state index in [0.29, 0.717) is 17.6 Å². The molecule has 0 unspecified atom stereocenters. The summed E-state index contributed by atoms with van der Waals surface area (Å²) in [6, 6.07) is 0. The summed E-state index contributed by atoms with van der Waals surface area (Å²) in [6.07, 6.45) is 6.14. The van der Waals surface area contributed by atoms with Crippen molar-refractivity contribution in [1.82, 2.24) is 0 Å². The predicted molar refractivity (Wildman–Crippen MR) is 50.9 cm³/mol. The third kappa shape index (κ3) is 1.77. The van der Waals surface area contributed by atoms with E-state index in [4.69, 9.17) is 0 Å². The highest BCUT2D eigenvalue weighted by atomic mass is 16.1. The second-order valence-corrected chi connectivity index (χ2v) is 3.91. The van der Waals surface area contributed by atoms with Crippen LogP contribution < -0.4 is 0 Å². The van der Waals surface area contributed by atoms with Crippen LogP contribution in [0.2, 0.25) is 0 Å². The molecule has 0 amide bonds. The van der Waals surface area contributed by atoms with Crippen molar-refractivity contribution < 1.29 is 4.79 Å². The number of allylic oxidation sites excluding steroid dienone is 2. The standard InChI is InChI=1S/C11H18O/c1-4-5-8(2)11-9(3)6-7-10(11)12/h6-9,11H,4-5H2,1-3H3/t8-,9+,11-/m0/s1. The Labute approximate surface area is 74.9 Å². The first-order chi connectivity index (χ1) is 5.66. The largest absolute Gasteiger partial charge is 0.295 e. The van der Waals surface area contributed by atoms with Crippen LogP contribution in [-0.2, 0) is 4.79 Å². The Morgan fingerprint density at radius 1 is 1.58 bits per heavy atom. The molecule has 0 saturated carbocycles. The maximum Gasteiger partial charge on any atom is 0.159 e. The van der Waals surface area contributed by atoms with Crippen molar-refractivity contribution in [2.75, 3.05) is 0 Å². The minimum atomic E-state index is 0.268. The minimum Gasteiger partial charge on any atom is -0.295 e. The van der Waals surface area contributed by atoms with Gasteiger partial charge in [-0.3, -0.25) is 4.79 Å². The number of hydrogen-bond donors (Lipinski definition) is 0. The van der Waals surface area contributed by atoms with E-state index in [0.717, 1.165) is 0 Å². The summed E-state index contributed by atoms with van der Waals surface area (Å²) in [4.78, 5) is 11.4. The van der Waals surface area contributed by atoms with Crippen LogP contribution in [0.3, 0.4) is 0 Å². The van der Waals surface area contributed by atoms with Crippen LogP contribution in [0.15, 0.2) is 12.2 Å². The molecule has 1 nitrogen and oxygen atoms in total. The fraction of sp³-hybridized carbons (Fsp3) is 0.727. The molecule has 0 aromatic heterocycles. The van der Waals surface area contributed by atoms with E-state index in [-0.39, 0.29) is 5.92 Å². The number of hydrogen-bond acceptors (Lipinski definition) is 1. The fourth-order valence-electron chi connectivity index (χ4n) is 2.17. The lowest BCUT2D eigenvalue weighted by Gasteiger charge is -2.21. The van der Waals surface area contributed by atoms with Crippen molar-refractivity contribution in [3.63, 3.8) is 0 Å². The van der Waals surface area contributed by atoms with Gasteiger partial charge >= 0.3 is 0 Å². The third-order valence-corrected chi connectivity index (χ3v) is 2.82. The average molecular weight is 166 g/mol. The topological polar surface area (TPSA) is 17.1 Å². The lowest BCUT2D eigenvalue weighted by Crippen LogP contribution is -2.21. The molecule has 1 aliphatic rings. The molecule has 0 bridgehead atoms. The highest BCUT2D eigenvalue weighted by molar-refractivity contribution is 5.94. The lowest BCUT2D eigenvalue weighted by molar-refractivity contribution is -0.119. The Balaban J connectivity index is 2.56. The smallest absolute Gasteiger partial charge is 0.159 e. The van der Waals surface area contributed by atoms with Crippen LogP contribution >= 0.6 is 0 Å². The summed E-state index contributed by atoms with van der Waals surface area (Å²) in [6.45, 7) is 6.50. The van der Waals surface area contributed by atoms with E-state index in [2.05, 4.69) is 20.8 Å². The van der Waals surface area contributed by atoms with Crippen molar-refractivity contribution in [2.24, 2.45) is 17.8 Å². The highest BCUT2D eigenvalue weighted by Crippen LogP contribution is 2.31. The molecule has 1 heteroatoms. The maximum atomic E-state index is 11.4. The van der Waals surface area contributed by atoms with Crippen LogP contribution in [0.25, 0.3) is 0 Å². The molecule has 0 saturated heterocycles. The predicted octanol–water partition coefficient (Wildman–Crippen LogP) is 2.81. The molecule has 0 N–H and O–H groups in total.